The molecule has 0 aliphatic rings. The minimum atomic E-state index is -0.989. The van der Waals surface area contributed by atoms with E-state index in [4.69, 9.17) is 10.4 Å². The predicted molar refractivity (Wildman–Crippen MR) is 77.4 cm³/mol. The second-order valence-electron chi connectivity index (χ2n) is 4.85. The molecule has 0 aliphatic carbocycles. The van der Waals surface area contributed by atoms with Crippen molar-refractivity contribution in [2.24, 2.45) is 0 Å². The largest absolute Gasteiger partial charge is 0.478 e. The van der Waals surface area contributed by atoms with Crippen LogP contribution in [0.5, 0.6) is 0 Å². The van der Waals surface area contributed by atoms with Gasteiger partial charge in [0.05, 0.1) is 12.1 Å². The van der Waals surface area contributed by atoms with Crippen molar-refractivity contribution in [2.45, 2.75) is 20.4 Å². The second kappa shape index (κ2) is 5.63. The van der Waals surface area contributed by atoms with E-state index in [0.717, 1.165) is 11.3 Å². The second-order valence-corrected chi connectivity index (χ2v) is 4.85. The number of hydrogen-bond donors (Lipinski definition) is 1. The lowest BCUT2D eigenvalue weighted by molar-refractivity contribution is 0.0697. The molecule has 0 spiro atoms. The average molecular weight is 282 g/mol. The van der Waals surface area contributed by atoms with Crippen LogP contribution in [0.2, 0.25) is 0 Å². The number of carbonyl (C=O) groups is 1. The summed E-state index contributed by atoms with van der Waals surface area (Å²) in [6.45, 7) is 3.85. The van der Waals surface area contributed by atoms with Crippen molar-refractivity contribution in [3.63, 3.8) is 0 Å². The van der Waals surface area contributed by atoms with E-state index in [1.807, 2.05) is 6.07 Å². The van der Waals surface area contributed by atoms with E-state index < -0.39 is 5.97 Å². The molecule has 0 atom stereocenters. The topological polar surface area (TPSA) is 83.1 Å². The number of rotatable bonds is 3. The molecule has 0 unspecified atom stereocenters. The van der Waals surface area contributed by atoms with E-state index in [2.05, 4.69) is 0 Å². The maximum absolute atomic E-state index is 12.3. The quantitative estimate of drug-likeness (QED) is 0.934. The fraction of sp³-hybridized carbons (Fsp3) is 0.188. The summed E-state index contributed by atoms with van der Waals surface area (Å²) in [5, 5.41) is 17.9. The number of carboxylic acids is 1. The van der Waals surface area contributed by atoms with E-state index in [9.17, 15) is 9.59 Å². The van der Waals surface area contributed by atoms with Gasteiger partial charge in [-0.15, -0.1) is 0 Å². The number of carboxylic acid groups (broad SMARTS) is 1. The highest BCUT2D eigenvalue weighted by Gasteiger charge is 2.10. The monoisotopic (exact) mass is 282 g/mol. The summed E-state index contributed by atoms with van der Waals surface area (Å²) in [6.07, 6.45) is 0. The molecule has 0 aliphatic heterocycles. The van der Waals surface area contributed by atoms with Crippen LogP contribution >= 0.6 is 0 Å². The maximum Gasteiger partial charge on any atom is 0.335 e. The summed E-state index contributed by atoms with van der Waals surface area (Å²) in [6, 6.07) is 10.1. The normalized spacial score (nSPS) is 10.1. The van der Waals surface area contributed by atoms with Gasteiger partial charge in [0.15, 0.2) is 0 Å². The van der Waals surface area contributed by atoms with E-state index in [1.165, 1.54) is 16.7 Å². The van der Waals surface area contributed by atoms with Gasteiger partial charge < -0.3 is 9.67 Å². The summed E-state index contributed by atoms with van der Waals surface area (Å²) in [7, 11) is 0. The van der Waals surface area contributed by atoms with Gasteiger partial charge in [-0.25, -0.2) is 4.79 Å². The molecule has 5 nitrogen and oxygen atoms in total. The molecular weight excluding hydrogens is 268 g/mol. The molecule has 1 heterocycles. The van der Waals surface area contributed by atoms with Gasteiger partial charge in [0.2, 0.25) is 0 Å². The third kappa shape index (κ3) is 2.84. The first-order valence-corrected chi connectivity index (χ1v) is 6.37. The molecule has 1 aromatic carbocycles. The zero-order chi connectivity index (χ0) is 15.6. The van der Waals surface area contributed by atoms with Gasteiger partial charge in [-0.2, -0.15) is 5.26 Å². The Bertz CT molecular complexity index is 796. The molecule has 21 heavy (non-hydrogen) atoms. The molecule has 0 amide bonds. The number of nitriles is 1. The Labute approximate surface area is 121 Å². The molecule has 2 rings (SSSR count). The molecular formula is C16H14N2O3. The van der Waals surface area contributed by atoms with Crippen LogP contribution in [-0.4, -0.2) is 15.6 Å². The highest BCUT2D eigenvalue weighted by atomic mass is 16.4. The lowest BCUT2D eigenvalue weighted by Crippen LogP contribution is -2.26. The molecule has 106 valence electrons. The highest BCUT2D eigenvalue weighted by molar-refractivity contribution is 5.87. The Kier molecular flexibility index (Phi) is 3.90. The molecule has 0 saturated carbocycles. The number of aromatic carboxylic acids is 1. The molecule has 5 heteroatoms. The summed E-state index contributed by atoms with van der Waals surface area (Å²) < 4.78 is 1.52. The van der Waals surface area contributed by atoms with Gasteiger partial charge in [0, 0.05) is 5.69 Å². The van der Waals surface area contributed by atoms with Crippen molar-refractivity contribution in [1.29, 1.82) is 5.26 Å². The van der Waals surface area contributed by atoms with E-state index in [0.29, 0.717) is 12.1 Å². The molecule has 2 aromatic rings. The zero-order valence-corrected chi connectivity index (χ0v) is 11.8. The third-order valence-electron chi connectivity index (χ3n) is 3.36. The molecule has 0 fully saturated rings. The Morgan fingerprint density at radius 2 is 1.90 bits per heavy atom. The third-order valence-corrected chi connectivity index (χ3v) is 3.36. The van der Waals surface area contributed by atoms with Crippen LogP contribution in [0.3, 0.4) is 0 Å². The van der Waals surface area contributed by atoms with E-state index in [-0.39, 0.29) is 16.7 Å². The van der Waals surface area contributed by atoms with Crippen molar-refractivity contribution in [3.8, 4) is 6.07 Å². The van der Waals surface area contributed by atoms with Gasteiger partial charge >= 0.3 is 5.97 Å². The lowest BCUT2D eigenvalue weighted by atomic mass is 10.1. The smallest absolute Gasteiger partial charge is 0.335 e. The van der Waals surface area contributed by atoms with Gasteiger partial charge in [-0.3, -0.25) is 4.79 Å². The van der Waals surface area contributed by atoms with Crippen LogP contribution in [0.1, 0.15) is 32.7 Å². The van der Waals surface area contributed by atoms with Crippen LogP contribution in [0.25, 0.3) is 0 Å². The van der Waals surface area contributed by atoms with Gasteiger partial charge in [-0.05, 0) is 43.2 Å². The van der Waals surface area contributed by atoms with Gasteiger partial charge in [0.1, 0.15) is 11.6 Å². The first-order valence-electron chi connectivity index (χ1n) is 6.37. The van der Waals surface area contributed by atoms with Crippen LogP contribution in [0, 0.1) is 25.2 Å². The number of nitrogens with zero attached hydrogens (tertiary/aromatic N) is 2. The standard InChI is InChI=1S/C16H14N2O3/c1-10-7-11(2)18(15(19)14(10)8-17)9-12-3-5-13(6-4-12)16(20)21/h3-7H,9H2,1-2H3,(H,20,21). The molecule has 0 radical (unpaired) electrons. The summed E-state index contributed by atoms with van der Waals surface area (Å²) in [4.78, 5) is 23.1. The Morgan fingerprint density at radius 3 is 2.43 bits per heavy atom. The minimum absolute atomic E-state index is 0.141. The van der Waals surface area contributed by atoms with Crippen molar-refractivity contribution < 1.29 is 9.90 Å². The predicted octanol–water partition coefficient (Wildman–Crippen LogP) is 2.08. The summed E-state index contributed by atoms with van der Waals surface area (Å²) in [5.74, 6) is -0.989. The number of aryl methyl sites for hydroxylation is 2. The zero-order valence-electron chi connectivity index (χ0n) is 11.8. The lowest BCUT2D eigenvalue weighted by Gasteiger charge is -2.12. The fourth-order valence-electron chi connectivity index (χ4n) is 2.20. The van der Waals surface area contributed by atoms with Gasteiger partial charge in [0.25, 0.3) is 5.56 Å². The summed E-state index contributed by atoms with van der Waals surface area (Å²) >= 11 is 0. The average Bonchev–Trinajstić information content (AvgIpc) is 2.44. The molecule has 1 aromatic heterocycles. The number of hydrogen-bond acceptors (Lipinski definition) is 3. The Balaban J connectivity index is 2.43. The van der Waals surface area contributed by atoms with Crippen LogP contribution in [0.4, 0.5) is 0 Å². The summed E-state index contributed by atoms with van der Waals surface area (Å²) in [5.41, 5.74) is 2.25. The fourth-order valence-corrected chi connectivity index (χ4v) is 2.20. The Morgan fingerprint density at radius 1 is 1.29 bits per heavy atom. The van der Waals surface area contributed by atoms with Crippen molar-refractivity contribution in [3.05, 3.63) is 68.6 Å². The van der Waals surface area contributed by atoms with Gasteiger partial charge in [-0.1, -0.05) is 12.1 Å². The molecule has 0 bridgehead atoms. The first-order chi connectivity index (χ1) is 9.93. The van der Waals surface area contributed by atoms with Crippen molar-refractivity contribution in [1.82, 2.24) is 4.57 Å². The number of benzene rings is 1. The highest BCUT2D eigenvalue weighted by Crippen LogP contribution is 2.10. The maximum atomic E-state index is 12.3. The van der Waals surface area contributed by atoms with E-state index >= 15 is 0 Å². The molecule has 0 saturated heterocycles. The Hall–Kier alpha value is -2.87. The van der Waals surface area contributed by atoms with Crippen molar-refractivity contribution >= 4 is 5.97 Å². The van der Waals surface area contributed by atoms with Crippen LogP contribution < -0.4 is 5.56 Å². The number of pyridine rings is 1. The van der Waals surface area contributed by atoms with Crippen molar-refractivity contribution in [2.75, 3.05) is 0 Å². The first kappa shape index (κ1) is 14.5. The SMILES string of the molecule is Cc1cc(C)n(Cc2ccc(C(=O)O)cc2)c(=O)c1C#N. The van der Waals surface area contributed by atoms with Crippen LogP contribution in [0.15, 0.2) is 35.1 Å². The molecule has 1 N–H and O–H groups in total. The van der Waals surface area contributed by atoms with E-state index in [1.54, 1.807) is 32.0 Å². The van der Waals surface area contributed by atoms with Crippen LogP contribution in [-0.2, 0) is 6.54 Å². The number of aromatic nitrogens is 1. The minimum Gasteiger partial charge on any atom is -0.478 e.